The lowest BCUT2D eigenvalue weighted by Crippen LogP contribution is -2.82. The van der Waals surface area contributed by atoms with Crippen molar-refractivity contribution in [1.29, 1.82) is 0 Å². The van der Waals surface area contributed by atoms with Crippen LogP contribution in [0.5, 0.6) is 0 Å². The quantitative estimate of drug-likeness (QED) is 0.0777. The number of amides is 1. The first-order valence-corrected chi connectivity index (χ1v) is 41.3. The molecule has 4 fully saturated rings. The number of carbonyl (C=O) groups excluding carboxylic acids is 5. The van der Waals surface area contributed by atoms with Crippen molar-refractivity contribution in [2.45, 2.75) is 295 Å². The smallest absolute Gasteiger partial charge is 0.337 e. The largest absolute Gasteiger partial charge is 0.459 e. The number of fused-ring (bicyclic) bond motifs is 6. The molecule has 1 aromatic carbocycles. The van der Waals surface area contributed by atoms with Crippen LogP contribution in [-0.4, -0.2) is 126 Å². The highest BCUT2D eigenvalue weighted by atomic mass is 32.2. The Morgan fingerprint density at radius 3 is 1.83 bits per heavy atom. The highest BCUT2D eigenvalue weighted by Gasteiger charge is 2.79. The number of hydrogen-bond donors (Lipinski definition) is 2. The van der Waals surface area contributed by atoms with Crippen molar-refractivity contribution in [2.75, 3.05) is 18.1 Å². The first-order valence-electron chi connectivity index (χ1n) is 32.2. The van der Waals surface area contributed by atoms with E-state index in [0.29, 0.717) is 47.7 Å². The molecular weight excluding hydrogens is 1120 g/mol. The number of ether oxygens (including phenoxy) is 4. The number of ketones is 1. The zero-order valence-electron chi connectivity index (χ0n) is 54.0. The van der Waals surface area contributed by atoms with Crippen molar-refractivity contribution < 1.29 is 61.3 Å². The molecule has 0 spiro atoms. The maximum Gasteiger partial charge on any atom is 0.337 e. The number of rotatable bonds is 14. The van der Waals surface area contributed by atoms with Crippen molar-refractivity contribution in [3.05, 3.63) is 47.0 Å². The summed E-state index contributed by atoms with van der Waals surface area (Å²) in [4.78, 5) is 76.5. The fourth-order valence-corrected chi connectivity index (χ4v) is 22.2. The van der Waals surface area contributed by atoms with Crippen molar-refractivity contribution in [1.82, 2.24) is 5.32 Å². The predicted molar refractivity (Wildman–Crippen MR) is 338 cm³/mol. The molecule has 5 aliphatic rings. The zero-order chi connectivity index (χ0) is 61.4. The van der Waals surface area contributed by atoms with Gasteiger partial charge < -0.3 is 42.6 Å². The normalized spacial score (nSPS) is 32.5. The second-order valence-corrected chi connectivity index (χ2v) is 42.8. The molecule has 2 saturated carbocycles. The topological polar surface area (TPSA) is 182 Å². The molecule has 0 aromatic heterocycles. The minimum absolute atomic E-state index is 0.0552. The summed E-state index contributed by atoms with van der Waals surface area (Å²) in [6.07, 6.45) is 2.58. The van der Waals surface area contributed by atoms with E-state index in [0.717, 1.165) is 81.0 Å². The van der Waals surface area contributed by atoms with Crippen molar-refractivity contribution >= 4 is 66.3 Å². The summed E-state index contributed by atoms with van der Waals surface area (Å²) in [6.45, 7) is 32.0. The van der Waals surface area contributed by atoms with Gasteiger partial charge in [0.05, 0.1) is 30.1 Å². The first kappa shape index (κ1) is 69.4. The van der Waals surface area contributed by atoms with Crippen LogP contribution in [0, 0.1) is 16.7 Å². The van der Waals surface area contributed by atoms with Crippen LogP contribution in [0.15, 0.2) is 41.5 Å². The van der Waals surface area contributed by atoms with Gasteiger partial charge in [-0.3, -0.25) is 19.2 Å². The molecule has 470 valence electrons. The van der Waals surface area contributed by atoms with Crippen LogP contribution in [0.1, 0.15) is 198 Å². The molecule has 2 aliphatic heterocycles. The number of nitrogens with one attached hydrogen (secondary N) is 1. The molecule has 6 rings (SSSR count). The molecule has 3 bridgehead atoms. The molecule has 0 unspecified atom stereocenters. The lowest BCUT2D eigenvalue weighted by atomic mass is 9.44. The Balaban J connectivity index is 1.66. The van der Waals surface area contributed by atoms with E-state index in [1.165, 1.54) is 6.92 Å². The molecule has 11 atom stereocenters. The average Bonchev–Trinajstić information content (AvgIpc) is 0.702. The van der Waals surface area contributed by atoms with E-state index in [1.54, 1.807) is 0 Å². The summed E-state index contributed by atoms with van der Waals surface area (Å²) in [5.41, 5.74) is -5.04. The Kier molecular flexibility index (Phi) is 24.0. The van der Waals surface area contributed by atoms with E-state index in [9.17, 15) is 14.7 Å². The van der Waals surface area contributed by atoms with Gasteiger partial charge in [-0.15, -0.1) is 0 Å². The van der Waals surface area contributed by atoms with Crippen molar-refractivity contribution in [3.63, 3.8) is 0 Å². The van der Waals surface area contributed by atoms with Crippen LogP contribution in [0.4, 0.5) is 0 Å². The highest BCUT2D eigenvalue weighted by molar-refractivity contribution is 7.99. The van der Waals surface area contributed by atoms with Gasteiger partial charge >= 0.3 is 17.9 Å². The monoisotopic (exact) mass is 1230 g/mol. The third-order valence-electron chi connectivity index (χ3n) is 21.4. The van der Waals surface area contributed by atoms with Crippen molar-refractivity contribution in [2.24, 2.45) is 16.7 Å². The van der Waals surface area contributed by atoms with Crippen LogP contribution in [0.2, 0.25) is 54.4 Å². The summed E-state index contributed by atoms with van der Waals surface area (Å²) in [5, 5.41) is 17.7. The van der Waals surface area contributed by atoms with Crippen LogP contribution >= 0.6 is 11.8 Å². The standard InChI is InChI=1S/C65H109NO13SSi3/c1-17-82(18-2,19-3)77-49-42-50-64(44-73-50,76-46(8)67)57-59-65(72)43-48(45(7)53(62(65,12)13)55(58(70)63(49,57)14)79-83(20-4,21-5)22-6)74-60(71)56(78-81(15,16)61(9,10)11)54(47-36-30-29-31-37-47)66-51(68)38-32-25-23-27-34-40-80-41-35-28-24-26-33-39-52(69)75-59/h29-31,36-37,48-50,54-57,59,72H,17-28,32-35,38-44H2,1-16H3,(H,66,68)/t48-,49-,50+,54+,55+,56+,57-,59-,63+,64-,65+/m0/s1. The molecule has 1 aromatic rings. The van der Waals surface area contributed by atoms with Gasteiger partial charge in [-0.2, -0.15) is 11.8 Å². The Labute approximate surface area is 507 Å². The van der Waals surface area contributed by atoms with E-state index < -0.39 is 113 Å². The van der Waals surface area contributed by atoms with Crippen LogP contribution < -0.4 is 5.32 Å². The van der Waals surface area contributed by atoms with E-state index in [1.807, 2.05) is 69.8 Å². The molecule has 3 aliphatic carbocycles. The molecule has 2 heterocycles. The lowest BCUT2D eigenvalue weighted by Gasteiger charge is -2.68. The first-order chi connectivity index (χ1) is 39.1. The Morgan fingerprint density at radius 1 is 0.759 bits per heavy atom. The number of benzene rings is 1. The van der Waals surface area contributed by atoms with Gasteiger partial charge in [-0.1, -0.05) is 145 Å². The van der Waals surface area contributed by atoms with Gasteiger partial charge in [0.1, 0.15) is 30.0 Å². The summed E-state index contributed by atoms with van der Waals surface area (Å²) in [6, 6.07) is 12.9. The summed E-state index contributed by atoms with van der Waals surface area (Å²) < 4.78 is 49.7. The average molecular weight is 1230 g/mol. The number of carbonyl (C=O) groups is 5. The predicted octanol–water partition coefficient (Wildman–Crippen LogP) is 14.1. The van der Waals surface area contributed by atoms with Crippen LogP contribution in [-0.2, 0) is 56.2 Å². The molecule has 14 nitrogen and oxygen atoms in total. The molecule has 83 heavy (non-hydrogen) atoms. The molecule has 2 saturated heterocycles. The third kappa shape index (κ3) is 14.6. The van der Waals surface area contributed by atoms with Crippen molar-refractivity contribution in [3.8, 4) is 0 Å². The lowest BCUT2D eigenvalue weighted by molar-refractivity contribution is -0.346. The fraction of sp³-hybridized carbons (Fsp3) is 0.800. The van der Waals surface area contributed by atoms with Gasteiger partial charge in [-0.25, -0.2) is 4.79 Å². The van der Waals surface area contributed by atoms with Crippen LogP contribution in [0.3, 0.4) is 0 Å². The molecule has 18 heteroatoms. The van der Waals surface area contributed by atoms with Gasteiger partial charge in [0.15, 0.2) is 42.4 Å². The molecule has 0 radical (unpaired) electrons. The van der Waals surface area contributed by atoms with E-state index in [2.05, 4.69) is 80.7 Å². The highest BCUT2D eigenvalue weighted by Crippen LogP contribution is 2.65. The Hall–Kier alpha value is -2.69. The number of hydrogen-bond acceptors (Lipinski definition) is 14. The Morgan fingerprint density at radius 2 is 1.30 bits per heavy atom. The maximum atomic E-state index is 17.3. The van der Waals surface area contributed by atoms with Gasteiger partial charge in [-0.05, 0) is 122 Å². The van der Waals surface area contributed by atoms with Gasteiger partial charge in [0.2, 0.25) is 5.91 Å². The van der Waals surface area contributed by atoms with E-state index in [-0.39, 0.29) is 49.0 Å². The van der Waals surface area contributed by atoms with Gasteiger partial charge in [0.25, 0.3) is 0 Å². The van der Waals surface area contributed by atoms with Gasteiger partial charge in [0, 0.05) is 38.0 Å². The van der Waals surface area contributed by atoms with E-state index >= 15 is 14.4 Å². The maximum absolute atomic E-state index is 17.3. The summed E-state index contributed by atoms with van der Waals surface area (Å²) >= 11 is 1.98. The second-order valence-electron chi connectivity index (χ2n) is 27.4. The summed E-state index contributed by atoms with van der Waals surface area (Å²) in [7, 11) is -8.25. The fourth-order valence-electron chi connectivity index (χ4n) is 14.3. The van der Waals surface area contributed by atoms with E-state index in [4.69, 9.17) is 32.2 Å². The SMILES string of the molecule is CC[Si](CC)(CC)O[C@H]1C(=O)[C@]2(C)[C@@H](O[Si](CC)(CC)CC)C[C@H]3OC[C@@]3(OC(C)=O)[C@H]2[C@@H]2OC(=O)CCCCCCCSCCCCCCCC(=O)N[C@H](c3ccccc3)[C@@H](O[Si](C)(C)C(C)(C)C)C(=O)O[C@H]3C[C@]2(O)C(C)(C)C1=C3C. The minimum atomic E-state index is -2.87. The molecule has 1 amide bonds. The number of thioether (sulfide) groups is 1. The summed E-state index contributed by atoms with van der Waals surface area (Å²) in [5.74, 6) is -1.47. The number of aliphatic hydroxyl groups is 1. The number of Topliss-reactive ketones (excluding diaryl/α,β-unsaturated/α-hetero) is 1. The zero-order valence-corrected chi connectivity index (χ0v) is 57.8. The molecule has 2 N–H and O–H groups in total. The number of esters is 3. The third-order valence-corrected chi connectivity index (χ3v) is 36.2. The minimum Gasteiger partial charge on any atom is -0.459 e. The van der Waals surface area contributed by atoms with Crippen LogP contribution in [0.25, 0.3) is 0 Å². The second kappa shape index (κ2) is 28.6. The Bertz CT molecular complexity index is 2390. The molecular formula is C65H109NO13SSi3.